The van der Waals surface area contributed by atoms with Gasteiger partial charge >= 0.3 is 0 Å². The first-order valence-electron chi connectivity index (χ1n) is 11.2. The Morgan fingerprint density at radius 2 is 1.87 bits per heavy atom. The van der Waals surface area contributed by atoms with Crippen molar-refractivity contribution in [2.45, 2.75) is 32.2 Å². The molecule has 3 N–H and O–H groups in total. The number of phenolic OH excluding ortho intramolecular Hbond substituents is 1. The van der Waals surface area contributed by atoms with Crippen LogP contribution in [0, 0.1) is 0 Å². The molecule has 0 bridgehead atoms. The predicted molar refractivity (Wildman–Crippen MR) is 129 cm³/mol. The van der Waals surface area contributed by atoms with Crippen LogP contribution >= 0.6 is 0 Å². The fourth-order valence-electron chi connectivity index (χ4n) is 3.62. The highest BCUT2D eigenvalue weighted by Crippen LogP contribution is 2.23. The summed E-state index contributed by atoms with van der Waals surface area (Å²) in [6, 6.07) is 17.7. The van der Waals surface area contributed by atoms with Crippen LogP contribution in [0.1, 0.15) is 25.3 Å². The van der Waals surface area contributed by atoms with E-state index < -0.39 is 0 Å². The van der Waals surface area contributed by atoms with E-state index in [1.807, 2.05) is 13.1 Å². The molecule has 1 saturated heterocycles. The summed E-state index contributed by atoms with van der Waals surface area (Å²) in [5.41, 5.74) is 2.20. The van der Waals surface area contributed by atoms with Gasteiger partial charge in [-0.05, 0) is 57.7 Å². The minimum atomic E-state index is 0.114. The molecule has 2 aromatic rings. The van der Waals surface area contributed by atoms with Gasteiger partial charge in [-0.3, -0.25) is 9.69 Å². The first kappa shape index (κ1) is 24.9. The van der Waals surface area contributed by atoms with E-state index in [2.05, 4.69) is 59.8 Å². The Morgan fingerprint density at radius 1 is 1.10 bits per heavy atom. The highest BCUT2D eigenvalue weighted by atomic mass is 16.3. The number of anilines is 1. The number of carbonyl (C=O) groups is 1. The average molecular weight is 427 g/mol. The van der Waals surface area contributed by atoms with E-state index in [1.54, 1.807) is 23.1 Å². The van der Waals surface area contributed by atoms with Crippen LogP contribution in [-0.4, -0.2) is 68.8 Å². The van der Waals surface area contributed by atoms with Crippen LogP contribution in [0.2, 0.25) is 0 Å². The number of phenols is 1. The van der Waals surface area contributed by atoms with Crippen molar-refractivity contribution in [2.75, 3.05) is 51.7 Å². The Hall–Kier alpha value is -2.41. The van der Waals surface area contributed by atoms with Crippen LogP contribution < -0.4 is 15.5 Å². The smallest absolute Gasteiger partial charge is 0.228 e. The number of amides is 1. The zero-order chi connectivity index (χ0) is 22.5. The van der Waals surface area contributed by atoms with Gasteiger partial charge in [-0.2, -0.15) is 0 Å². The molecule has 170 valence electrons. The highest BCUT2D eigenvalue weighted by Gasteiger charge is 2.27. The van der Waals surface area contributed by atoms with Crippen molar-refractivity contribution in [2.24, 2.45) is 0 Å². The summed E-state index contributed by atoms with van der Waals surface area (Å²) in [4.78, 5) is 16.4. The molecule has 1 heterocycles. The van der Waals surface area contributed by atoms with Gasteiger partial charge < -0.3 is 20.6 Å². The van der Waals surface area contributed by atoms with Crippen LogP contribution in [-0.2, 0) is 11.2 Å². The third-order valence-corrected chi connectivity index (χ3v) is 5.52. The van der Waals surface area contributed by atoms with Gasteiger partial charge in [0.2, 0.25) is 5.91 Å². The first-order chi connectivity index (χ1) is 15.0. The maximum atomic E-state index is 12.4. The van der Waals surface area contributed by atoms with Crippen LogP contribution in [0.3, 0.4) is 0 Å². The number of rotatable bonds is 8. The Labute approximate surface area is 187 Å². The molecule has 3 rings (SSSR count). The van der Waals surface area contributed by atoms with E-state index in [0.29, 0.717) is 13.0 Å². The Balaban J connectivity index is 0.000000262. The van der Waals surface area contributed by atoms with Crippen molar-refractivity contribution < 1.29 is 9.90 Å². The molecule has 0 radical (unpaired) electrons. The van der Waals surface area contributed by atoms with Gasteiger partial charge in [0.25, 0.3) is 0 Å². The lowest BCUT2D eigenvalue weighted by molar-refractivity contribution is -0.119. The lowest BCUT2D eigenvalue weighted by Gasteiger charge is -2.24. The van der Waals surface area contributed by atoms with Crippen LogP contribution in [0.4, 0.5) is 5.69 Å². The average Bonchev–Trinajstić information content (AvgIpc) is 2.91. The Bertz CT molecular complexity index is 769. The van der Waals surface area contributed by atoms with Gasteiger partial charge in [0, 0.05) is 43.9 Å². The molecule has 0 saturated carbocycles. The lowest BCUT2D eigenvalue weighted by atomic mass is 10.1. The molecule has 6 nitrogen and oxygen atoms in total. The molecular formula is C25H38N4O2. The van der Waals surface area contributed by atoms with Crippen molar-refractivity contribution in [1.29, 1.82) is 0 Å². The molecule has 1 aliphatic heterocycles. The van der Waals surface area contributed by atoms with Gasteiger partial charge in [0.05, 0.1) is 0 Å². The number of nitrogens with zero attached hydrogens (tertiary/aromatic N) is 2. The molecular weight excluding hydrogens is 388 g/mol. The summed E-state index contributed by atoms with van der Waals surface area (Å²) in [5.74, 6) is 0.306. The van der Waals surface area contributed by atoms with Crippen LogP contribution in [0.25, 0.3) is 0 Å². The van der Waals surface area contributed by atoms with Crippen molar-refractivity contribution in [3.05, 3.63) is 60.2 Å². The maximum absolute atomic E-state index is 12.4. The number of nitrogens with one attached hydrogen (secondary N) is 2. The summed E-state index contributed by atoms with van der Waals surface area (Å²) in [6.45, 7) is 6.40. The quantitative estimate of drug-likeness (QED) is 0.567. The number of aromatic hydroxyl groups is 1. The molecule has 1 unspecified atom stereocenters. The van der Waals surface area contributed by atoms with Crippen molar-refractivity contribution >= 4 is 11.6 Å². The molecule has 0 aromatic heterocycles. The second-order valence-electron chi connectivity index (χ2n) is 7.90. The molecule has 6 heteroatoms. The zero-order valence-electron chi connectivity index (χ0n) is 19.2. The fourth-order valence-corrected chi connectivity index (χ4v) is 3.62. The van der Waals surface area contributed by atoms with Gasteiger partial charge in [-0.25, -0.2) is 0 Å². The van der Waals surface area contributed by atoms with Gasteiger partial charge in [-0.15, -0.1) is 0 Å². The second-order valence-corrected chi connectivity index (χ2v) is 7.90. The van der Waals surface area contributed by atoms with Gasteiger partial charge in [-0.1, -0.05) is 43.3 Å². The van der Waals surface area contributed by atoms with Crippen LogP contribution in [0.5, 0.6) is 5.75 Å². The molecule has 1 fully saturated rings. The number of aryl methyl sites for hydroxylation is 1. The third kappa shape index (κ3) is 8.69. The molecule has 1 amide bonds. The molecule has 1 atom stereocenters. The van der Waals surface area contributed by atoms with E-state index >= 15 is 0 Å². The monoisotopic (exact) mass is 426 g/mol. The molecule has 0 spiro atoms. The standard InChI is InChI=1S/C15H23N3O2.C10H15N/c1-3-16-11-13-10-15(20)18(8-7-17(13)2)12-5-4-6-14(19)9-12;1-11-9-5-8-10-6-3-2-4-7-10/h4-6,9,13,16,19H,3,7-8,10-11H2,1-2H3;2-4,6-7,11H,5,8-9H2,1H3. The predicted octanol–water partition coefficient (Wildman–Crippen LogP) is 2.88. The Morgan fingerprint density at radius 3 is 2.55 bits per heavy atom. The van der Waals surface area contributed by atoms with E-state index in [1.165, 1.54) is 18.4 Å². The van der Waals surface area contributed by atoms with E-state index in [-0.39, 0.29) is 17.7 Å². The highest BCUT2D eigenvalue weighted by molar-refractivity contribution is 5.94. The summed E-state index contributed by atoms with van der Waals surface area (Å²) < 4.78 is 0. The minimum Gasteiger partial charge on any atom is -0.508 e. The summed E-state index contributed by atoms with van der Waals surface area (Å²) in [7, 11) is 4.05. The lowest BCUT2D eigenvalue weighted by Crippen LogP contribution is -2.40. The van der Waals surface area contributed by atoms with Crippen molar-refractivity contribution in [1.82, 2.24) is 15.5 Å². The largest absolute Gasteiger partial charge is 0.508 e. The fraction of sp³-hybridized carbons (Fsp3) is 0.480. The summed E-state index contributed by atoms with van der Waals surface area (Å²) in [5, 5.41) is 16.0. The van der Waals surface area contributed by atoms with E-state index in [4.69, 9.17) is 0 Å². The SMILES string of the molecule is CCNCC1CC(=O)N(c2cccc(O)c2)CCN1C.CNCCCc1ccccc1. The molecule has 0 aliphatic carbocycles. The number of benzene rings is 2. The second kappa shape index (κ2) is 13.8. The van der Waals surface area contributed by atoms with Crippen LogP contribution in [0.15, 0.2) is 54.6 Å². The maximum Gasteiger partial charge on any atom is 0.228 e. The topological polar surface area (TPSA) is 67.8 Å². The first-order valence-corrected chi connectivity index (χ1v) is 11.2. The molecule has 31 heavy (non-hydrogen) atoms. The minimum absolute atomic E-state index is 0.114. The number of likely N-dealkylation sites (N-methyl/N-ethyl adjacent to an activating group) is 2. The van der Waals surface area contributed by atoms with E-state index in [0.717, 1.165) is 31.9 Å². The Kier molecular flexibility index (Phi) is 11.1. The zero-order valence-corrected chi connectivity index (χ0v) is 19.2. The summed E-state index contributed by atoms with van der Waals surface area (Å²) in [6.07, 6.45) is 2.90. The van der Waals surface area contributed by atoms with Gasteiger partial charge in [0.1, 0.15) is 5.75 Å². The normalized spacial score (nSPS) is 17.1. The van der Waals surface area contributed by atoms with Crippen molar-refractivity contribution in [3.63, 3.8) is 0 Å². The number of carbonyl (C=O) groups excluding carboxylic acids is 1. The van der Waals surface area contributed by atoms with E-state index in [9.17, 15) is 9.90 Å². The summed E-state index contributed by atoms with van der Waals surface area (Å²) >= 11 is 0. The molecule has 1 aliphatic rings. The third-order valence-electron chi connectivity index (χ3n) is 5.52. The number of hydrogen-bond donors (Lipinski definition) is 3. The van der Waals surface area contributed by atoms with Gasteiger partial charge in [0.15, 0.2) is 0 Å². The number of hydrogen-bond acceptors (Lipinski definition) is 5. The molecule has 2 aromatic carbocycles. The van der Waals surface area contributed by atoms with Crippen molar-refractivity contribution in [3.8, 4) is 5.75 Å².